The van der Waals surface area contributed by atoms with Gasteiger partial charge >= 0.3 is 5.97 Å². The van der Waals surface area contributed by atoms with E-state index in [9.17, 15) is 9.59 Å². The number of likely N-dealkylation sites (N-methyl/N-ethyl adjacent to an activating group) is 1. The van der Waals surface area contributed by atoms with Crippen LogP contribution in [0.25, 0.3) is 0 Å². The molecule has 0 fully saturated rings. The summed E-state index contributed by atoms with van der Waals surface area (Å²) in [6.07, 6.45) is 0. The van der Waals surface area contributed by atoms with Gasteiger partial charge in [0.05, 0.1) is 6.61 Å². The SMILES string of the molecule is CCOC(=O)CN(CC)C(=O)c1ccc(C)c(Br)c1. The van der Waals surface area contributed by atoms with Crippen LogP contribution in [0.4, 0.5) is 0 Å². The summed E-state index contributed by atoms with van der Waals surface area (Å²) in [4.78, 5) is 25.2. The van der Waals surface area contributed by atoms with E-state index in [0.29, 0.717) is 18.7 Å². The van der Waals surface area contributed by atoms with Gasteiger partial charge in [-0.1, -0.05) is 22.0 Å². The Bertz CT molecular complexity index is 474. The Morgan fingerprint density at radius 2 is 2.00 bits per heavy atom. The van der Waals surface area contributed by atoms with Crippen LogP contribution in [-0.4, -0.2) is 36.5 Å². The highest BCUT2D eigenvalue weighted by Crippen LogP contribution is 2.18. The number of hydrogen-bond acceptors (Lipinski definition) is 3. The zero-order chi connectivity index (χ0) is 14.4. The first-order chi connectivity index (χ1) is 8.99. The predicted octanol–water partition coefficient (Wildman–Crippen LogP) is 2.78. The molecule has 0 unspecified atom stereocenters. The Labute approximate surface area is 121 Å². The van der Waals surface area contributed by atoms with E-state index in [1.165, 1.54) is 4.90 Å². The molecule has 0 saturated carbocycles. The highest BCUT2D eigenvalue weighted by molar-refractivity contribution is 9.10. The van der Waals surface area contributed by atoms with Crippen LogP contribution in [0.5, 0.6) is 0 Å². The molecule has 0 saturated heterocycles. The van der Waals surface area contributed by atoms with Crippen molar-refractivity contribution in [2.24, 2.45) is 0 Å². The summed E-state index contributed by atoms with van der Waals surface area (Å²) in [7, 11) is 0. The molecule has 4 nitrogen and oxygen atoms in total. The van der Waals surface area contributed by atoms with Crippen molar-refractivity contribution in [3.63, 3.8) is 0 Å². The van der Waals surface area contributed by atoms with Gasteiger partial charge in [-0.2, -0.15) is 0 Å². The van der Waals surface area contributed by atoms with Crippen molar-refractivity contribution in [1.82, 2.24) is 4.90 Å². The van der Waals surface area contributed by atoms with E-state index >= 15 is 0 Å². The number of ether oxygens (including phenoxy) is 1. The maximum absolute atomic E-state index is 12.3. The van der Waals surface area contributed by atoms with Crippen molar-refractivity contribution in [3.8, 4) is 0 Å². The molecule has 0 spiro atoms. The molecule has 0 bridgehead atoms. The second-order valence-electron chi connectivity index (χ2n) is 4.09. The maximum Gasteiger partial charge on any atom is 0.325 e. The first-order valence-electron chi connectivity index (χ1n) is 6.20. The third-order valence-corrected chi connectivity index (χ3v) is 3.57. The molecule has 19 heavy (non-hydrogen) atoms. The average Bonchev–Trinajstić information content (AvgIpc) is 2.38. The summed E-state index contributed by atoms with van der Waals surface area (Å²) >= 11 is 3.40. The first kappa shape index (κ1) is 15.7. The minimum atomic E-state index is -0.385. The smallest absolute Gasteiger partial charge is 0.325 e. The van der Waals surface area contributed by atoms with Gasteiger partial charge in [-0.15, -0.1) is 0 Å². The van der Waals surface area contributed by atoms with Crippen molar-refractivity contribution in [2.45, 2.75) is 20.8 Å². The molecule has 1 amide bonds. The van der Waals surface area contributed by atoms with Gasteiger partial charge < -0.3 is 9.64 Å². The minimum Gasteiger partial charge on any atom is -0.465 e. The van der Waals surface area contributed by atoms with Crippen LogP contribution >= 0.6 is 15.9 Å². The Morgan fingerprint density at radius 3 is 2.53 bits per heavy atom. The number of hydrogen-bond donors (Lipinski definition) is 0. The number of carbonyl (C=O) groups is 2. The molecular weight excluding hydrogens is 310 g/mol. The van der Waals surface area contributed by atoms with Crippen LogP contribution in [0.2, 0.25) is 0 Å². The van der Waals surface area contributed by atoms with E-state index < -0.39 is 0 Å². The van der Waals surface area contributed by atoms with E-state index in [4.69, 9.17) is 4.74 Å². The van der Waals surface area contributed by atoms with Crippen molar-refractivity contribution in [2.75, 3.05) is 19.7 Å². The van der Waals surface area contributed by atoms with Gasteiger partial charge in [-0.3, -0.25) is 9.59 Å². The van der Waals surface area contributed by atoms with Crippen molar-refractivity contribution in [1.29, 1.82) is 0 Å². The second kappa shape index (κ2) is 7.28. The van der Waals surface area contributed by atoms with E-state index in [0.717, 1.165) is 10.0 Å². The Kier molecular flexibility index (Phi) is 6.02. The van der Waals surface area contributed by atoms with E-state index in [1.807, 2.05) is 19.9 Å². The zero-order valence-corrected chi connectivity index (χ0v) is 13.0. The molecule has 0 atom stereocenters. The molecule has 1 aromatic carbocycles. The molecular formula is C14H18BrNO3. The Balaban J connectivity index is 2.83. The Hall–Kier alpha value is -1.36. The van der Waals surface area contributed by atoms with E-state index in [1.54, 1.807) is 19.1 Å². The fourth-order valence-electron chi connectivity index (χ4n) is 1.60. The van der Waals surface area contributed by atoms with E-state index in [2.05, 4.69) is 15.9 Å². The highest BCUT2D eigenvalue weighted by atomic mass is 79.9. The molecule has 0 aliphatic carbocycles. The number of carbonyl (C=O) groups excluding carboxylic acids is 2. The number of amides is 1. The third-order valence-electron chi connectivity index (χ3n) is 2.71. The predicted molar refractivity (Wildman–Crippen MR) is 77.1 cm³/mol. The second-order valence-corrected chi connectivity index (χ2v) is 4.94. The molecule has 0 aliphatic rings. The van der Waals surface area contributed by atoms with Crippen molar-refractivity contribution in [3.05, 3.63) is 33.8 Å². The van der Waals surface area contributed by atoms with Crippen LogP contribution in [0.1, 0.15) is 29.8 Å². The fraction of sp³-hybridized carbons (Fsp3) is 0.429. The molecule has 1 aromatic rings. The van der Waals surface area contributed by atoms with Gasteiger partial charge in [0.2, 0.25) is 0 Å². The number of halogens is 1. The average molecular weight is 328 g/mol. The van der Waals surface area contributed by atoms with Crippen LogP contribution < -0.4 is 0 Å². The van der Waals surface area contributed by atoms with Crippen LogP contribution in [0.15, 0.2) is 22.7 Å². The van der Waals surface area contributed by atoms with Gasteiger partial charge in [0.1, 0.15) is 6.54 Å². The highest BCUT2D eigenvalue weighted by Gasteiger charge is 2.18. The van der Waals surface area contributed by atoms with Crippen LogP contribution in [0, 0.1) is 6.92 Å². The number of rotatable bonds is 5. The molecule has 0 aromatic heterocycles. The van der Waals surface area contributed by atoms with Gasteiger partial charge in [0, 0.05) is 16.6 Å². The summed E-state index contributed by atoms with van der Waals surface area (Å²) in [5.41, 5.74) is 1.62. The third kappa shape index (κ3) is 4.35. The summed E-state index contributed by atoms with van der Waals surface area (Å²) in [5.74, 6) is -0.555. The van der Waals surface area contributed by atoms with Crippen molar-refractivity contribution < 1.29 is 14.3 Å². The molecule has 0 N–H and O–H groups in total. The molecule has 5 heteroatoms. The summed E-state index contributed by atoms with van der Waals surface area (Å²) in [5, 5.41) is 0. The summed E-state index contributed by atoms with van der Waals surface area (Å²) in [6.45, 7) is 6.29. The summed E-state index contributed by atoms with van der Waals surface area (Å²) < 4.78 is 5.74. The molecule has 0 heterocycles. The molecule has 104 valence electrons. The lowest BCUT2D eigenvalue weighted by molar-refractivity contribution is -0.143. The number of nitrogens with zero attached hydrogens (tertiary/aromatic N) is 1. The molecule has 0 radical (unpaired) electrons. The number of benzene rings is 1. The van der Waals surface area contributed by atoms with Crippen molar-refractivity contribution >= 4 is 27.8 Å². The van der Waals surface area contributed by atoms with Crippen LogP contribution in [-0.2, 0) is 9.53 Å². The largest absolute Gasteiger partial charge is 0.465 e. The topological polar surface area (TPSA) is 46.6 Å². The number of esters is 1. The lowest BCUT2D eigenvalue weighted by Gasteiger charge is -2.20. The molecule has 0 aliphatic heterocycles. The van der Waals surface area contributed by atoms with E-state index in [-0.39, 0.29) is 18.4 Å². The normalized spacial score (nSPS) is 10.1. The lowest BCUT2D eigenvalue weighted by Crippen LogP contribution is -2.36. The monoisotopic (exact) mass is 327 g/mol. The zero-order valence-electron chi connectivity index (χ0n) is 11.4. The quantitative estimate of drug-likeness (QED) is 0.781. The summed E-state index contributed by atoms with van der Waals surface area (Å²) in [6, 6.07) is 5.40. The van der Waals surface area contributed by atoms with Crippen LogP contribution in [0.3, 0.4) is 0 Å². The fourth-order valence-corrected chi connectivity index (χ4v) is 1.98. The number of aryl methyl sites for hydroxylation is 1. The van der Waals surface area contributed by atoms with Gasteiger partial charge in [-0.05, 0) is 38.5 Å². The minimum absolute atomic E-state index is 0.0192. The Morgan fingerprint density at radius 1 is 1.32 bits per heavy atom. The van der Waals surface area contributed by atoms with Gasteiger partial charge in [0.15, 0.2) is 0 Å². The first-order valence-corrected chi connectivity index (χ1v) is 6.99. The van der Waals surface area contributed by atoms with Gasteiger partial charge in [0.25, 0.3) is 5.91 Å². The maximum atomic E-state index is 12.3. The lowest BCUT2D eigenvalue weighted by atomic mass is 10.1. The standard InChI is InChI=1S/C14H18BrNO3/c1-4-16(9-13(17)19-5-2)14(18)11-7-6-10(3)12(15)8-11/h6-8H,4-5,9H2,1-3H3. The van der Waals surface area contributed by atoms with Gasteiger partial charge in [-0.25, -0.2) is 0 Å². The molecule has 1 rings (SSSR count).